The van der Waals surface area contributed by atoms with Gasteiger partial charge in [-0.3, -0.25) is 9.59 Å². The van der Waals surface area contributed by atoms with E-state index in [1.165, 1.54) is 0 Å². The van der Waals surface area contributed by atoms with Gasteiger partial charge in [0.2, 0.25) is 11.8 Å². The lowest BCUT2D eigenvalue weighted by Gasteiger charge is -2.13. The number of carbonyl (C=O) groups excluding carboxylic acids is 1. The van der Waals surface area contributed by atoms with Gasteiger partial charge in [0.25, 0.3) is 5.56 Å². The lowest BCUT2D eigenvalue weighted by atomic mass is 10.1. The van der Waals surface area contributed by atoms with Crippen LogP contribution in [0.25, 0.3) is 21.5 Å². The van der Waals surface area contributed by atoms with Gasteiger partial charge in [-0.05, 0) is 41.5 Å². The highest BCUT2D eigenvalue weighted by molar-refractivity contribution is 5.99. The minimum Gasteiger partial charge on any atom is -0.475 e. The van der Waals surface area contributed by atoms with Gasteiger partial charge < -0.3 is 15.0 Å². The minimum atomic E-state index is -0.114. The number of pyridine rings is 2. The molecule has 0 saturated carbocycles. The topological polar surface area (TPSA) is 84.1 Å². The third kappa shape index (κ3) is 2.52. The number of nitrogens with zero attached hydrogens (tertiary/aromatic N) is 1. The van der Waals surface area contributed by atoms with Gasteiger partial charge in [-0.2, -0.15) is 0 Å². The van der Waals surface area contributed by atoms with Crippen molar-refractivity contribution in [2.45, 2.75) is 18.9 Å². The van der Waals surface area contributed by atoms with Crippen LogP contribution in [0, 0.1) is 0 Å². The molecule has 1 aromatic carbocycles. The molecule has 0 spiro atoms. The smallest absolute Gasteiger partial charge is 0.255 e. The maximum atomic E-state index is 11.9. The first kappa shape index (κ1) is 13.8. The summed E-state index contributed by atoms with van der Waals surface area (Å²) >= 11 is 0. The SMILES string of the molecule is O=C1CCC(COc2nccc3cc4c(=O)[nH]ccc4cc23)N1. The average Bonchev–Trinajstić information content (AvgIpc) is 2.97. The Morgan fingerprint density at radius 2 is 2.00 bits per heavy atom. The highest BCUT2D eigenvalue weighted by atomic mass is 16.5. The van der Waals surface area contributed by atoms with E-state index in [1.807, 2.05) is 24.3 Å². The summed E-state index contributed by atoms with van der Waals surface area (Å²) in [5, 5.41) is 6.11. The molecule has 6 heteroatoms. The van der Waals surface area contributed by atoms with Gasteiger partial charge in [0.05, 0.1) is 6.04 Å². The number of aromatic nitrogens is 2. The zero-order chi connectivity index (χ0) is 15.8. The molecule has 0 radical (unpaired) electrons. The van der Waals surface area contributed by atoms with Gasteiger partial charge >= 0.3 is 0 Å². The van der Waals surface area contributed by atoms with Crippen LogP contribution in [0.5, 0.6) is 5.88 Å². The van der Waals surface area contributed by atoms with Crippen LogP contribution in [0.15, 0.2) is 41.5 Å². The Hall–Kier alpha value is -2.89. The summed E-state index contributed by atoms with van der Waals surface area (Å²) in [7, 11) is 0. The standard InChI is InChI=1S/C17H15N3O3/c21-15-2-1-12(20-15)9-23-17-14-8-10-3-5-18-16(22)13(10)7-11(14)4-6-19-17/h3-8,12H,1-2,9H2,(H,18,22)(H,20,21). The van der Waals surface area contributed by atoms with Gasteiger partial charge in [-0.25, -0.2) is 4.98 Å². The van der Waals surface area contributed by atoms with Crippen LogP contribution in [-0.2, 0) is 4.79 Å². The first-order valence-electron chi connectivity index (χ1n) is 7.53. The van der Waals surface area contributed by atoms with Crippen molar-refractivity contribution < 1.29 is 9.53 Å². The van der Waals surface area contributed by atoms with Crippen LogP contribution in [0.3, 0.4) is 0 Å². The molecule has 1 aliphatic heterocycles. The van der Waals surface area contributed by atoms with Crippen molar-refractivity contribution in [3.8, 4) is 5.88 Å². The molecule has 1 fully saturated rings. The normalized spacial score (nSPS) is 17.6. The van der Waals surface area contributed by atoms with Crippen molar-refractivity contribution >= 4 is 27.5 Å². The second-order valence-corrected chi connectivity index (χ2v) is 5.70. The zero-order valence-electron chi connectivity index (χ0n) is 12.3. The lowest BCUT2D eigenvalue weighted by Crippen LogP contribution is -2.31. The van der Waals surface area contributed by atoms with E-state index in [9.17, 15) is 9.59 Å². The Morgan fingerprint density at radius 3 is 2.83 bits per heavy atom. The molecule has 1 unspecified atom stereocenters. The number of ether oxygens (including phenoxy) is 1. The van der Waals surface area contributed by atoms with Crippen LogP contribution < -0.4 is 15.6 Å². The molecule has 2 N–H and O–H groups in total. The Balaban J connectivity index is 1.72. The number of carbonyl (C=O) groups is 1. The van der Waals surface area contributed by atoms with Crippen molar-refractivity contribution in [1.82, 2.24) is 15.3 Å². The summed E-state index contributed by atoms with van der Waals surface area (Å²) in [6.45, 7) is 0.394. The largest absolute Gasteiger partial charge is 0.475 e. The molecule has 2 aromatic heterocycles. The maximum Gasteiger partial charge on any atom is 0.255 e. The number of amides is 1. The number of hydrogen-bond acceptors (Lipinski definition) is 4. The molecule has 3 heterocycles. The first-order chi connectivity index (χ1) is 11.2. The summed E-state index contributed by atoms with van der Waals surface area (Å²) in [6.07, 6.45) is 4.61. The highest BCUT2D eigenvalue weighted by Gasteiger charge is 2.21. The van der Waals surface area contributed by atoms with E-state index in [0.29, 0.717) is 24.3 Å². The third-order valence-electron chi connectivity index (χ3n) is 4.13. The predicted molar refractivity (Wildman–Crippen MR) is 86.5 cm³/mol. The molecule has 1 aliphatic rings. The van der Waals surface area contributed by atoms with E-state index < -0.39 is 0 Å². The van der Waals surface area contributed by atoms with Crippen molar-refractivity contribution in [3.05, 3.63) is 47.0 Å². The average molecular weight is 309 g/mol. The van der Waals surface area contributed by atoms with Crippen molar-refractivity contribution in [3.63, 3.8) is 0 Å². The lowest BCUT2D eigenvalue weighted by molar-refractivity contribution is -0.119. The summed E-state index contributed by atoms with van der Waals surface area (Å²) < 4.78 is 5.82. The Kier molecular flexibility index (Phi) is 3.22. The van der Waals surface area contributed by atoms with Gasteiger partial charge in [-0.15, -0.1) is 0 Å². The number of hydrogen-bond donors (Lipinski definition) is 2. The van der Waals surface area contributed by atoms with E-state index in [4.69, 9.17) is 4.74 Å². The van der Waals surface area contributed by atoms with Crippen molar-refractivity contribution in [1.29, 1.82) is 0 Å². The minimum absolute atomic E-state index is 0.0304. The first-order valence-corrected chi connectivity index (χ1v) is 7.53. The summed E-state index contributed by atoms with van der Waals surface area (Å²) in [6, 6.07) is 7.49. The monoisotopic (exact) mass is 309 g/mol. The number of rotatable bonds is 3. The molecule has 0 aliphatic carbocycles. The number of fused-ring (bicyclic) bond motifs is 2. The number of aromatic amines is 1. The quantitative estimate of drug-likeness (QED) is 0.722. The summed E-state index contributed by atoms with van der Waals surface area (Å²) in [4.78, 5) is 30.1. The Morgan fingerprint density at radius 1 is 1.17 bits per heavy atom. The predicted octanol–water partition coefficient (Wildman–Crippen LogP) is 1.73. The van der Waals surface area contributed by atoms with Crippen molar-refractivity contribution in [2.75, 3.05) is 6.61 Å². The Bertz CT molecular complexity index is 964. The van der Waals surface area contributed by atoms with E-state index in [1.54, 1.807) is 12.4 Å². The van der Waals surface area contributed by atoms with E-state index in [0.717, 1.165) is 22.6 Å². The molecule has 116 valence electrons. The third-order valence-corrected chi connectivity index (χ3v) is 4.13. The van der Waals surface area contributed by atoms with Crippen LogP contribution in [0.4, 0.5) is 0 Å². The molecule has 6 nitrogen and oxygen atoms in total. The van der Waals surface area contributed by atoms with Crippen LogP contribution >= 0.6 is 0 Å². The number of nitrogens with one attached hydrogen (secondary N) is 2. The summed E-state index contributed by atoms with van der Waals surface area (Å²) in [5.74, 6) is 0.584. The van der Waals surface area contributed by atoms with Crippen LogP contribution in [0.1, 0.15) is 12.8 Å². The fraction of sp³-hybridized carbons (Fsp3) is 0.235. The molecule has 1 saturated heterocycles. The second kappa shape index (κ2) is 5.39. The van der Waals surface area contributed by atoms with Crippen LogP contribution in [0.2, 0.25) is 0 Å². The molecule has 1 amide bonds. The molecule has 1 atom stereocenters. The molecule has 3 aromatic rings. The van der Waals surface area contributed by atoms with E-state index in [2.05, 4.69) is 15.3 Å². The van der Waals surface area contributed by atoms with Gasteiger partial charge in [-0.1, -0.05) is 0 Å². The molecule has 4 rings (SSSR count). The zero-order valence-corrected chi connectivity index (χ0v) is 12.3. The second-order valence-electron chi connectivity index (χ2n) is 5.70. The molecule has 23 heavy (non-hydrogen) atoms. The maximum absolute atomic E-state index is 11.9. The molecular weight excluding hydrogens is 294 g/mol. The Labute approximate surface area is 131 Å². The number of benzene rings is 1. The van der Waals surface area contributed by atoms with Crippen molar-refractivity contribution in [2.24, 2.45) is 0 Å². The van der Waals surface area contributed by atoms with Gasteiger partial charge in [0.15, 0.2) is 0 Å². The fourth-order valence-electron chi connectivity index (χ4n) is 2.93. The molecule has 0 bridgehead atoms. The summed E-state index contributed by atoms with van der Waals surface area (Å²) in [5.41, 5.74) is -0.114. The van der Waals surface area contributed by atoms with E-state index >= 15 is 0 Å². The number of H-pyrrole nitrogens is 1. The van der Waals surface area contributed by atoms with E-state index in [-0.39, 0.29) is 17.5 Å². The molecular formula is C17H15N3O3. The van der Waals surface area contributed by atoms with Crippen LogP contribution in [-0.4, -0.2) is 28.5 Å². The van der Waals surface area contributed by atoms with Gasteiger partial charge in [0, 0.05) is 29.6 Å². The van der Waals surface area contributed by atoms with Gasteiger partial charge in [0.1, 0.15) is 6.61 Å². The fourth-order valence-corrected chi connectivity index (χ4v) is 2.93. The highest BCUT2D eigenvalue weighted by Crippen LogP contribution is 2.27.